The van der Waals surface area contributed by atoms with Gasteiger partial charge in [0.2, 0.25) is 0 Å². The summed E-state index contributed by atoms with van der Waals surface area (Å²) in [6.07, 6.45) is -1.90. The quantitative estimate of drug-likeness (QED) is 0.828. The highest BCUT2D eigenvalue weighted by molar-refractivity contribution is 6.33. The monoisotopic (exact) mass is 329 g/mol. The second-order valence-corrected chi connectivity index (χ2v) is 6.07. The van der Waals surface area contributed by atoms with Gasteiger partial charge in [-0.2, -0.15) is 0 Å². The highest BCUT2D eigenvalue weighted by atomic mass is 35.5. The third kappa shape index (κ3) is 5.91. The van der Waals surface area contributed by atoms with Crippen molar-refractivity contribution >= 4 is 29.4 Å². The van der Waals surface area contributed by atoms with Crippen LogP contribution in [0.15, 0.2) is 18.2 Å². The number of esters is 1. The Bertz CT molecular complexity index is 553. The summed E-state index contributed by atoms with van der Waals surface area (Å²) in [6, 6.07) is 4.57. The van der Waals surface area contributed by atoms with Gasteiger partial charge in [-0.05, 0) is 38.5 Å². The lowest BCUT2D eigenvalue weighted by Gasteiger charge is -2.20. The van der Waals surface area contributed by atoms with Crippen LogP contribution in [-0.2, 0) is 14.3 Å². The predicted molar refractivity (Wildman–Crippen MR) is 82.9 cm³/mol. The zero-order valence-electron chi connectivity index (χ0n) is 13.0. The van der Waals surface area contributed by atoms with Crippen molar-refractivity contribution in [2.75, 3.05) is 12.4 Å². The molecule has 1 rings (SSSR count). The number of ether oxygens (including phenoxy) is 2. The van der Waals surface area contributed by atoms with Crippen LogP contribution in [0.1, 0.15) is 38.9 Å². The van der Waals surface area contributed by atoms with E-state index in [0.717, 1.165) is 0 Å². The van der Waals surface area contributed by atoms with E-state index in [-0.39, 0.29) is 12.1 Å². The summed E-state index contributed by atoms with van der Waals surface area (Å²) in [5.74, 6) is -0.538. The molecule has 0 saturated carbocycles. The molecule has 0 fully saturated rings. The maximum Gasteiger partial charge on any atom is 0.412 e. The lowest BCUT2D eigenvalue weighted by Crippen LogP contribution is -2.27. The van der Waals surface area contributed by atoms with E-state index < -0.39 is 23.8 Å². The van der Waals surface area contributed by atoms with Gasteiger partial charge in [0.1, 0.15) is 5.60 Å². The normalized spacial score (nSPS) is 12.5. The standard InChI is InChI=1S/C15H20ClNO5/c1-15(2,3)22-14(20)17-11-7-9(5-6-10(11)16)12(18)8-13(19)21-4/h5-7,12,18H,8H2,1-4H3,(H,17,20). The topological polar surface area (TPSA) is 84.9 Å². The molecule has 122 valence electrons. The highest BCUT2D eigenvalue weighted by Gasteiger charge is 2.19. The van der Waals surface area contributed by atoms with E-state index in [4.69, 9.17) is 16.3 Å². The Morgan fingerprint density at radius 1 is 1.36 bits per heavy atom. The first-order chi connectivity index (χ1) is 10.1. The van der Waals surface area contributed by atoms with E-state index in [1.807, 2.05) is 0 Å². The Balaban J connectivity index is 2.86. The van der Waals surface area contributed by atoms with Crippen LogP contribution in [0.5, 0.6) is 0 Å². The van der Waals surface area contributed by atoms with Gasteiger partial charge in [-0.1, -0.05) is 17.7 Å². The van der Waals surface area contributed by atoms with Crippen LogP contribution < -0.4 is 5.32 Å². The van der Waals surface area contributed by atoms with Crippen molar-refractivity contribution in [3.8, 4) is 0 Å². The van der Waals surface area contributed by atoms with Gasteiger partial charge in [0.05, 0.1) is 30.3 Å². The molecule has 0 radical (unpaired) electrons. The van der Waals surface area contributed by atoms with Gasteiger partial charge in [0, 0.05) is 0 Å². The number of hydrogen-bond acceptors (Lipinski definition) is 5. The number of carbonyl (C=O) groups excluding carboxylic acids is 2. The van der Waals surface area contributed by atoms with E-state index in [0.29, 0.717) is 10.6 Å². The van der Waals surface area contributed by atoms with E-state index >= 15 is 0 Å². The number of amides is 1. The molecule has 0 aliphatic carbocycles. The number of aliphatic hydroxyl groups is 1. The predicted octanol–water partition coefficient (Wildman–Crippen LogP) is 3.28. The van der Waals surface area contributed by atoms with Gasteiger partial charge in [-0.3, -0.25) is 10.1 Å². The molecular formula is C15H20ClNO5. The Kier molecular flexibility index (Phi) is 6.20. The highest BCUT2D eigenvalue weighted by Crippen LogP contribution is 2.28. The Labute approximate surface area is 134 Å². The van der Waals surface area contributed by atoms with E-state index in [2.05, 4.69) is 10.1 Å². The van der Waals surface area contributed by atoms with Crippen molar-refractivity contribution in [2.45, 2.75) is 38.9 Å². The van der Waals surface area contributed by atoms with Crippen molar-refractivity contribution in [3.63, 3.8) is 0 Å². The van der Waals surface area contributed by atoms with Gasteiger partial charge >= 0.3 is 12.1 Å². The molecule has 0 aliphatic rings. The largest absolute Gasteiger partial charge is 0.469 e. The molecule has 1 aromatic rings. The van der Waals surface area contributed by atoms with Crippen molar-refractivity contribution in [3.05, 3.63) is 28.8 Å². The van der Waals surface area contributed by atoms with Gasteiger partial charge in [0.15, 0.2) is 0 Å². The molecule has 0 aromatic heterocycles. The number of rotatable bonds is 4. The van der Waals surface area contributed by atoms with Gasteiger partial charge in [0.25, 0.3) is 0 Å². The van der Waals surface area contributed by atoms with E-state index in [1.165, 1.54) is 19.2 Å². The summed E-state index contributed by atoms with van der Waals surface area (Å²) >= 11 is 6.01. The smallest absolute Gasteiger partial charge is 0.412 e. The van der Waals surface area contributed by atoms with Crippen molar-refractivity contribution in [1.29, 1.82) is 0 Å². The number of nitrogens with one attached hydrogen (secondary N) is 1. The van der Waals surface area contributed by atoms with Gasteiger partial charge in [-0.25, -0.2) is 4.79 Å². The minimum absolute atomic E-state index is 0.190. The summed E-state index contributed by atoms with van der Waals surface area (Å²) in [4.78, 5) is 22.9. The molecule has 2 N–H and O–H groups in total. The molecule has 1 atom stereocenters. The minimum Gasteiger partial charge on any atom is -0.469 e. The molecule has 1 amide bonds. The van der Waals surface area contributed by atoms with Crippen molar-refractivity contribution in [2.24, 2.45) is 0 Å². The number of anilines is 1. The molecule has 1 aromatic carbocycles. The molecule has 1 unspecified atom stereocenters. The van der Waals surface area contributed by atoms with Crippen LogP contribution in [0.4, 0.5) is 10.5 Å². The molecule has 6 nitrogen and oxygen atoms in total. The second kappa shape index (κ2) is 7.47. The zero-order chi connectivity index (χ0) is 16.9. The van der Waals surface area contributed by atoms with E-state index in [9.17, 15) is 14.7 Å². The van der Waals surface area contributed by atoms with Crippen LogP contribution in [0.2, 0.25) is 5.02 Å². The maximum atomic E-state index is 11.8. The van der Waals surface area contributed by atoms with Crippen LogP contribution >= 0.6 is 11.6 Å². The van der Waals surface area contributed by atoms with Crippen molar-refractivity contribution < 1.29 is 24.2 Å². The first-order valence-corrected chi connectivity index (χ1v) is 7.04. The Morgan fingerprint density at radius 3 is 2.55 bits per heavy atom. The van der Waals surface area contributed by atoms with Gasteiger partial charge < -0.3 is 14.6 Å². The first kappa shape index (κ1) is 18.3. The Morgan fingerprint density at radius 2 is 2.00 bits per heavy atom. The number of halogens is 1. The minimum atomic E-state index is -1.05. The van der Waals surface area contributed by atoms with Gasteiger partial charge in [-0.15, -0.1) is 0 Å². The maximum absolute atomic E-state index is 11.8. The molecule has 0 bridgehead atoms. The van der Waals surface area contributed by atoms with Crippen LogP contribution in [-0.4, -0.2) is 29.9 Å². The molecular weight excluding hydrogens is 310 g/mol. The fraction of sp³-hybridized carbons (Fsp3) is 0.467. The average Bonchev–Trinajstić information content (AvgIpc) is 2.38. The number of hydrogen-bond donors (Lipinski definition) is 2. The lowest BCUT2D eigenvalue weighted by molar-refractivity contribution is -0.142. The summed E-state index contributed by atoms with van der Waals surface area (Å²) in [6.45, 7) is 5.22. The summed E-state index contributed by atoms with van der Waals surface area (Å²) in [5, 5.41) is 12.8. The van der Waals surface area contributed by atoms with Crippen LogP contribution in [0, 0.1) is 0 Å². The van der Waals surface area contributed by atoms with E-state index in [1.54, 1.807) is 26.8 Å². The number of methoxy groups -OCH3 is 1. The molecule has 0 heterocycles. The molecule has 22 heavy (non-hydrogen) atoms. The van der Waals surface area contributed by atoms with Crippen LogP contribution in [0.25, 0.3) is 0 Å². The number of benzene rings is 1. The molecule has 0 saturated heterocycles. The average molecular weight is 330 g/mol. The first-order valence-electron chi connectivity index (χ1n) is 6.66. The summed E-state index contributed by atoms with van der Waals surface area (Å²) in [7, 11) is 1.24. The summed E-state index contributed by atoms with van der Waals surface area (Å²) in [5.41, 5.74) is 0.0802. The lowest BCUT2D eigenvalue weighted by atomic mass is 10.1. The summed E-state index contributed by atoms with van der Waals surface area (Å²) < 4.78 is 9.63. The molecule has 0 spiro atoms. The SMILES string of the molecule is COC(=O)CC(O)c1ccc(Cl)c(NC(=O)OC(C)(C)C)c1. The zero-order valence-corrected chi connectivity index (χ0v) is 13.7. The van der Waals surface area contributed by atoms with Crippen molar-refractivity contribution in [1.82, 2.24) is 0 Å². The third-order valence-corrected chi connectivity index (χ3v) is 2.93. The molecule has 0 aliphatic heterocycles. The van der Waals surface area contributed by atoms with Crippen LogP contribution in [0.3, 0.4) is 0 Å². The third-order valence-electron chi connectivity index (χ3n) is 2.60. The Hall–Kier alpha value is -1.79. The second-order valence-electron chi connectivity index (χ2n) is 5.66. The number of aliphatic hydroxyl groups excluding tert-OH is 1. The fourth-order valence-corrected chi connectivity index (χ4v) is 1.78. The fourth-order valence-electron chi connectivity index (χ4n) is 1.62. The molecule has 7 heteroatoms. The number of carbonyl (C=O) groups is 2.